The molecule has 0 radical (unpaired) electrons. The minimum atomic E-state index is -0.734. The van der Waals surface area contributed by atoms with Crippen LogP contribution in [0.25, 0.3) is 0 Å². The molecule has 0 heterocycles. The summed E-state index contributed by atoms with van der Waals surface area (Å²) in [6.07, 6.45) is 7.92. The Morgan fingerprint density at radius 3 is 2.81 bits per heavy atom. The fraction of sp³-hybridized carbons (Fsp3) is 0.923. The average Bonchev–Trinajstić information content (AvgIpc) is 2.16. The highest BCUT2D eigenvalue weighted by molar-refractivity contribution is 5.67. The molecule has 3 nitrogen and oxygen atoms in total. The zero-order valence-electron chi connectivity index (χ0n) is 10.2. The van der Waals surface area contributed by atoms with Crippen LogP contribution in [0.15, 0.2) is 0 Å². The molecule has 1 saturated carbocycles. The van der Waals surface area contributed by atoms with E-state index in [2.05, 4.69) is 6.92 Å². The van der Waals surface area contributed by atoms with Gasteiger partial charge < -0.3 is 10.2 Å². The third-order valence-corrected chi connectivity index (χ3v) is 3.63. The van der Waals surface area contributed by atoms with Crippen molar-refractivity contribution < 1.29 is 15.0 Å². The molecule has 1 fully saturated rings. The highest BCUT2D eigenvalue weighted by atomic mass is 16.4. The summed E-state index contributed by atoms with van der Waals surface area (Å²) in [6, 6.07) is 0. The predicted molar refractivity (Wildman–Crippen MR) is 63.3 cm³/mol. The number of unbranched alkanes of at least 4 members (excludes halogenated alkanes) is 2. The van der Waals surface area contributed by atoms with Crippen molar-refractivity contribution in [1.82, 2.24) is 0 Å². The lowest BCUT2D eigenvalue weighted by atomic mass is 9.74. The van der Waals surface area contributed by atoms with Crippen molar-refractivity contribution in [1.29, 1.82) is 0 Å². The van der Waals surface area contributed by atoms with Crippen LogP contribution in [0.3, 0.4) is 0 Å². The van der Waals surface area contributed by atoms with Gasteiger partial charge in [-0.15, -0.1) is 0 Å². The Morgan fingerprint density at radius 1 is 1.44 bits per heavy atom. The summed E-state index contributed by atoms with van der Waals surface area (Å²) in [5, 5.41) is 19.2. The zero-order valence-corrected chi connectivity index (χ0v) is 10.2. The smallest absolute Gasteiger partial charge is 0.303 e. The predicted octanol–water partition coefficient (Wildman–Crippen LogP) is 2.96. The number of hydrogen-bond acceptors (Lipinski definition) is 2. The van der Waals surface area contributed by atoms with Crippen molar-refractivity contribution in [2.45, 2.75) is 70.3 Å². The molecule has 0 aromatic rings. The lowest BCUT2D eigenvalue weighted by Gasteiger charge is -2.36. The Hall–Kier alpha value is -0.570. The van der Waals surface area contributed by atoms with Crippen molar-refractivity contribution in [2.75, 3.05) is 0 Å². The zero-order chi connectivity index (χ0) is 12.0. The van der Waals surface area contributed by atoms with Gasteiger partial charge in [-0.3, -0.25) is 4.79 Å². The highest BCUT2D eigenvalue weighted by Crippen LogP contribution is 2.37. The average molecular weight is 228 g/mol. The van der Waals surface area contributed by atoms with Crippen LogP contribution < -0.4 is 0 Å². The number of hydrogen-bond donors (Lipinski definition) is 2. The molecule has 1 aliphatic carbocycles. The molecule has 3 heteroatoms. The topological polar surface area (TPSA) is 57.5 Å². The van der Waals surface area contributed by atoms with Crippen molar-refractivity contribution in [2.24, 2.45) is 5.92 Å². The number of carboxylic acids is 1. The standard InChI is InChI=1S/C13H24O3/c1-2-3-4-7-13(16)8-5-6-11(10-13)9-12(14)15/h11,16H,2-10H2,1H3,(H,14,15). The second-order valence-corrected chi connectivity index (χ2v) is 5.24. The van der Waals surface area contributed by atoms with E-state index in [9.17, 15) is 9.90 Å². The van der Waals surface area contributed by atoms with Gasteiger partial charge in [-0.1, -0.05) is 32.6 Å². The summed E-state index contributed by atoms with van der Waals surface area (Å²) in [5.41, 5.74) is -0.576. The maximum absolute atomic E-state index is 10.7. The molecule has 16 heavy (non-hydrogen) atoms. The molecular formula is C13H24O3. The molecule has 0 aliphatic heterocycles. The van der Waals surface area contributed by atoms with Crippen LogP contribution in [0.5, 0.6) is 0 Å². The van der Waals surface area contributed by atoms with Crippen LogP contribution in [0, 0.1) is 5.92 Å². The van der Waals surface area contributed by atoms with Crippen LogP contribution in [-0.4, -0.2) is 21.8 Å². The van der Waals surface area contributed by atoms with Gasteiger partial charge in [0.1, 0.15) is 0 Å². The van der Waals surface area contributed by atoms with Gasteiger partial charge in [-0.25, -0.2) is 0 Å². The van der Waals surface area contributed by atoms with Crippen molar-refractivity contribution in [3.63, 3.8) is 0 Å². The SMILES string of the molecule is CCCCCC1(O)CCCC(CC(=O)O)C1. The van der Waals surface area contributed by atoms with Crippen LogP contribution >= 0.6 is 0 Å². The lowest BCUT2D eigenvalue weighted by molar-refractivity contribution is -0.139. The van der Waals surface area contributed by atoms with Gasteiger partial charge in [0.25, 0.3) is 0 Å². The van der Waals surface area contributed by atoms with E-state index in [0.29, 0.717) is 6.42 Å². The maximum Gasteiger partial charge on any atom is 0.303 e. The fourth-order valence-corrected chi connectivity index (χ4v) is 2.81. The third kappa shape index (κ3) is 4.52. The first-order valence-electron chi connectivity index (χ1n) is 6.50. The van der Waals surface area contributed by atoms with Crippen molar-refractivity contribution >= 4 is 5.97 Å². The van der Waals surface area contributed by atoms with Gasteiger partial charge in [0.15, 0.2) is 0 Å². The van der Waals surface area contributed by atoms with Crippen molar-refractivity contribution in [3.8, 4) is 0 Å². The van der Waals surface area contributed by atoms with Gasteiger partial charge in [0.05, 0.1) is 5.60 Å². The molecule has 0 amide bonds. The first-order chi connectivity index (χ1) is 7.56. The lowest BCUT2D eigenvalue weighted by Crippen LogP contribution is -2.35. The van der Waals surface area contributed by atoms with Gasteiger partial charge in [-0.2, -0.15) is 0 Å². The van der Waals surface area contributed by atoms with E-state index >= 15 is 0 Å². The van der Waals surface area contributed by atoms with E-state index in [4.69, 9.17) is 5.11 Å². The molecule has 2 N–H and O–H groups in total. The molecule has 0 aromatic heterocycles. The minimum Gasteiger partial charge on any atom is -0.481 e. The van der Waals surface area contributed by atoms with Crippen LogP contribution in [0.1, 0.15) is 64.7 Å². The molecule has 2 atom stereocenters. The Bertz CT molecular complexity index is 227. The first kappa shape index (κ1) is 13.5. The van der Waals surface area contributed by atoms with E-state index in [1.807, 2.05) is 0 Å². The fourth-order valence-electron chi connectivity index (χ4n) is 2.81. The largest absolute Gasteiger partial charge is 0.481 e. The summed E-state index contributed by atoms with van der Waals surface area (Å²) in [5.74, 6) is -0.555. The van der Waals surface area contributed by atoms with Crippen LogP contribution in [0.2, 0.25) is 0 Å². The quantitative estimate of drug-likeness (QED) is 0.687. The number of carboxylic acid groups (broad SMARTS) is 1. The second-order valence-electron chi connectivity index (χ2n) is 5.24. The Kier molecular flexibility index (Phi) is 5.26. The summed E-state index contributed by atoms with van der Waals surface area (Å²) in [7, 11) is 0. The number of rotatable bonds is 6. The van der Waals surface area contributed by atoms with Crippen LogP contribution in [-0.2, 0) is 4.79 Å². The molecule has 0 aromatic carbocycles. The minimum absolute atomic E-state index is 0.179. The van der Waals surface area contributed by atoms with E-state index < -0.39 is 11.6 Å². The summed E-state index contributed by atoms with van der Waals surface area (Å²) >= 11 is 0. The summed E-state index contributed by atoms with van der Waals surface area (Å²) in [6.45, 7) is 2.15. The van der Waals surface area contributed by atoms with E-state index in [0.717, 1.165) is 44.9 Å². The molecule has 94 valence electrons. The Morgan fingerprint density at radius 2 is 2.19 bits per heavy atom. The van der Waals surface area contributed by atoms with E-state index in [-0.39, 0.29) is 12.3 Å². The molecule has 1 aliphatic rings. The van der Waals surface area contributed by atoms with E-state index in [1.54, 1.807) is 0 Å². The summed E-state index contributed by atoms with van der Waals surface area (Å²) < 4.78 is 0. The van der Waals surface area contributed by atoms with E-state index in [1.165, 1.54) is 0 Å². The third-order valence-electron chi connectivity index (χ3n) is 3.63. The number of aliphatic hydroxyl groups is 1. The molecule has 2 unspecified atom stereocenters. The first-order valence-corrected chi connectivity index (χ1v) is 6.50. The van der Waals surface area contributed by atoms with Crippen LogP contribution in [0.4, 0.5) is 0 Å². The summed E-state index contributed by atoms with van der Waals surface area (Å²) in [4.78, 5) is 10.7. The molecule has 0 bridgehead atoms. The van der Waals surface area contributed by atoms with Gasteiger partial charge in [0.2, 0.25) is 0 Å². The second kappa shape index (κ2) is 6.24. The molecule has 0 spiro atoms. The molecular weight excluding hydrogens is 204 g/mol. The normalized spacial score (nSPS) is 30.2. The molecule has 1 rings (SSSR count). The monoisotopic (exact) mass is 228 g/mol. The Balaban J connectivity index is 2.38. The van der Waals surface area contributed by atoms with Gasteiger partial charge in [-0.05, 0) is 31.6 Å². The highest BCUT2D eigenvalue weighted by Gasteiger charge is 2.34. The maximum atomic E-state index is 10.7. The Labute approximate surface area is 97.9 Å². The van der Waals surface area contributed by atoms with Gasteiger partial charge in [0, 0.05) is 6.42 Å². The molecule has 0 saturated heterocycles. The number of aliphatic carboxylic acids is 1. The number of carbonyl (C=O) groups is 1. The van der Waals surface area contributed by atoms with Gasteiger partial charge >= 0.3 is 5.97 Å². The van der Waals surface area contributed by atoms with Crippen molar-refractivity contribution in [3.05, 3.63) is 0 Å².